The molecule has 9 heteroatoms. The maximum atomic E-state index is 13.5. The van der Waals surface area contributed by atoms with Crippen molar-refractivity contribution < 1.29 is 23.5 Å². The Morgan fingerprint density at radius 2 is 1.86 bits per heavy atom. The van der Waals surface area contributed by atoms with Crippen LogP contribution in [0.1, 0.15) is 33.0 Å². The number of benzene rings is 3. The van der Waals surface area contributed by atoms with E-state index in [2.05, 4.69) is 10.3 Å². The fraction of sp³-hybridized carbons (Fsp3) is 0.250. The lowest BCUT2D eigenvalue weighted by Gasteiger charge is -2.29. The number of hydrogen-bond donors (Lipinski definition) is 1. The van der Waals surface area contributed by atoms with Gasteiger partial charge in [0.05, 0.1) is 16.6 Å². The van der Waals surface area contributed by atoms with Crippen LogP contribution in [-0.2, 0) is 13.5 Å². The number of carbonyl (C=O) groups excluding carboxylic acids is 2. The summed E-state index contributed by atoms with van der Waals surface area (Å²) in [6.45, 7) is 0.384. The Morgan fingerprint density at radius 3 is 2.65 bits per heavy atom. The van der Waals surface area contributed by atoms with E-state index < -0.39 is 0 Å². The number of fused-ring (bicyclic) bond motifs is 2. The summed E-state index contributed by atoms with van der Waals surface area (Å²) in [5.74, 6) is 0.434. The quantitative estimate of drug-likeness (QED) is 0.395. The number of ether oxygens (including phenoxy) is 2. The summed E-state index contributed by atoms with van der Waals surface area (Å²) in [5, 5.41) is 2.94. The summed E-state index contributed by atoms with van der Waals surface area (Å²) in [6, 6.07) is 18.7. The normalized spacial score (nSPS) is 12.9. The van der Waals surface area contributed by atoms with Gasteiger partial charge in [0.1, 0.15) is 5.82 Å². The molecule has 1 aliphatic heterocycles. The highest BCUT2D eigenvalue weighted by Gasteiger charge is 2.28. The number of nitrogens with zero attached hydrogens (tertiary/aromatic N) is 3. The molecule has 2 amide bonds. The van der Waals surface area contributed by atoms with E-state index in [1.165, 1.54) is 12.1 Å². The average Bonchev–Trinajstić information content (AvgIpc) is 3.53. The lowest BCUT2D eigenvalue weighted by molar-refractivity contribution is 0.0718. The Balaban J connectivity index is 1.32. The Morgan fingerprint density at radius 1 is 1.08 bits per heavy atom. The second-order valence-electron chi connectivity index (χ2n) is 8.97. The third kappa shape index (κ3) is 4.97. The topological polar surface area (TPSA) is 85.7 Å². The van der Waals surface area contributed by atoms with Crippen LogP contribution >= 0.6 is 0 Å². The summed E-state index contributed by atoms with van der Waals surface area (Å²) in [7, 11) is 3.52. The lowest BCUT2D eigenvalue weighted by Crippen LogP contribution is -2.41. The van der Waals surface area contributed by atoms with Gasteiger partial charge in [-0.05, 0) is 54.8 Å². The molecule has 1 aliphatic rings. The third-order valence-electron chi connectivity index (χ3n) is 6.63. The minimum Gasteiger partial charge on any atom is -0.454 e. The van der Waals surface area contributed by atoms with Crippen LogP contribution in [0, 0.1) is 5.82 Å². The Kier molecular flexibility index (Phi) is 6.76. The number of rotatable bonds is 8. The number of aromatic nitrogens is 2. The smallest absolute Gasteiger partial charge is 0.287 e. The molecule has 0 bridgehead atoms. The second-order valence-corrected chi connectivity index (χ2v) is 8.97. The number of hydrogen-bond acceptors (Lipinski definition) is 5. The van der Waals surface area contributed by atoms with Gasteiger partial charge in [-0.25, -0.2) is 9.37 Å². The van der Waals surface area contributed by atoms with Gasteiger partial charge >= 0.3 is 0 Å². The maximum absolute atomic E-state index is 13.5. The molecule has 1 aromatic heterocycles. The van der Waals surface area contributed by atoms with Gasteiger partial charge in [0, 0.05) is 26.7 Å². The molecule has 8 nitrogen and oxygen atoms in total. The van der Waals surface area contributed by atoms with Gasteiger partial charge < -0.3 is 24.3 Å². The van der Waals surface area contributed by atoms with Crippen molar-refractivity contribution in [3.05, 3.63) is 89.5 Å². The fourth-order valence-corrected chi connectivity index (χ4v) is 4.56. The number of carbonyl (C=O) groups is 2. The highest BCUT2D eigenvalue weighted by atomic mass is 19.1. The number of likely N-dealkylation sites (N-methyl/N-ethyl adjacent to an activating group) is 1. The SMILES string of the molecule is CN(C(=O)c1cccc2c1OCO2)[C@H](CCNC(=O)c1nc2ccccc2n1C)Cc1ccc(F)cc1. The predicted molar refractivity (Wildman–Crippen MR) is 136 cm³/mol. The molecule has 1 N–H and O–H groups in total. The third-order valence-corrected chi connectivity index (χ3v) is 6.63. The first kappa shape index (κ1) is 24.3. The zero-order chi connectivity index (χ0) is 25.9. The van der Waals surface area contributed by atoms with Crippen LogP contribution in [0.15, 0.2) is 66.7 Å². The van der Waals surface area contributed by atoms with Crippen LogP contribution in [-0.4, -0.2) is 52.7 Å². The van der Waals surface area contributed by atoms with E-state index in [0.29, 0.717) is 42.3 Å². The number of halogens is 1. The average molecular weight is 503 g/mol. The minimum absolute atomic E-state index is 0.0661. The van der Waals surface area contributed by atoms with Crippen LogP contribution in [0.2, 0.25) is 0 Å². The molecule has 0 spiro atoms. The van der Waals surface area contributed by atoms with Crippen LogP contribution < -0.4 is 14.8 Å². The number of nitrogens with one attached hydrogen (secondary N) is 1. The molecule has 2 heterocycles. The van der Waals surface area contributed by atoms with E-state index in [-0.39, 0.29) is 30.5 Å². The van der Waals surface area contributed by atoms with E-state index in [0.717, 1.165) is 16.6 Å². The van der Waals surface area contributed by atoms with Crippen molar-refractivity contribution in [1.29, 1.82) is 0 Å². The summed E-state index contributed by atoms with van der Waals surface area (Å²) in [4.78, 5) is 32.5. The minimum atomic E-state index is -0.323. The van der Waals surface area contributed by atoms with E-state index >= 15 is 0 Å². The molecule has 0 radical (unpaired) electrons. The summed E-state index contributed by atoms with van der Waals surface area (Å²) in [5.41, 5.74) is 2.90. The van der Waals surface area contributed by atoms with Gasteiger partial charge in [0.2, 0.25) is 6.79 Å². The van der Waals surface area contributed by atoms with Crippen molar-refractivity contribution >= 4 is 22.8 Å². The zero-order valence-electron chi connectivity index (χ0n) is 20.6. The Labute approximate surface area is 213 Å². The number of amides is 2. The van der Waals surface area contributed by atoms with Crippen LogP contribution in [0.25, 0.3) is 11.0 Å². The van der Waals surface area contributed by atoms with Crippen molar-refractivity contribution in [2.75, 3.05) is 20.4 Å². The summed E-state index contributed by atoms with van der Waals surface area (Å²) >= 11 is 0. The van der Waals surface area contributed by atoms with Gasteiger partial charge in [-0.15, -0.1) is 0 Å². The van der Waals surface area contributed by atoms with Crippen LogP contribution in [0.3, 0.4) is 0 Å². The molecular formula is C28H27FN4O4. The number of aryl methyl sites for hydroxylation is 1. The lowest BCUT2D eigenvalue weighted by atomic mass is 10.0. The first-order valence-corrected chi connectivity index (χ1v) is 12.0. The molecule has 3 aromatic carbocycles. The molecule has 190 valence electrons. The van der Waals surface area contributed by atoms with Crippen LogP contribution in [0.4, 0.5) is 4.39 Å². The predicted octanol–water partition coefficient (Wildman–Crippen LogP) is 3.94. The summed E-state index contributed by atoms with van der Waals surface area (Å²) in [6.07, 6.45) is 0.957. The van der Waals surface area contributed by atoms with Crippen molar-refractivity contribution in [2.45, 2.75) is 18.9 Å². The first-order valence-electron chi connectivity index (χ1n) is 12.0. The van der Waals surface area contributed by atoms with Gasteiger partial charge in [0.15, 0.2) is 17.3 Å². The Bertz CT molecular complexity index is 1450. The molecule has 4 aromatic rings. The molecule has 0 fully saturated rings. The molecule has 0 aliphatic carbocycles. The van der Waals surface area contributed by atoms with Gasteiger partial charge in [-0.2, -0.15) is 0 Å². The molecule has 5 rings (SSSR count). The number of imidazole rings is 1. The molecular weight excluding hydrogens is 475 g/mol. The Hall–Kier alpha value is -4.40. The maximum Gasteiger partial charge on any atom is 0.287 e. The molecule has 37 heavy (non-hydrogen) atoms. The first-order chi connectivity index (χ1) is 17.9. The van der Waals surface area contributed by atoms with E-state index in [4.69, 9.17) is 9.47 Å². The van der Waals surface area contributed by atoms with Crippen molar-refractivity contribution in [3.8, 4) is 11.5 Å². The van der Waals surface area contributed by atoms with E-state index in [1.54, 1.807) is 53.9 Å². The largest absolute Gasteiger partial charge is 0.454 e. The second kappa shape index (κ2) is 10.3. The highest BCUT2D eigenvalue weighted by molar-refractivity contribution is 5.98. The summed E-state index contributed by atoms with van der Waals surface area (Å²) < 4.78 is 26.2. The van der Waals surface area contributed by atoms with E-state index in [1.807, 2.05) is 24.3 Å². The molecule has 0 unspecified atom stereocenters. The molecule has 1 atom stereocenters. The molecule has 0 saturated heterocycles. The molecule has 0 saturated carbocycles. The fourth-order valence-electron chi connectivity index (χ4n) is 4.56. The number of para-hydroxylation sites is 3. The van der Waals surface area contributed by atoms with Gasteiger partial charge in [-0.1, -0.05) is 30.3 Å². The standard InChI is InChI=1S/C28H27FN4O4/c1-32(28(35)21-6-5-9-24-25(21)37-17-36-24)20(16-18-10-12-19(29)13-11-18)14-15-30-27(34)26-31-22-7-3-4-8-23(22)33(26)2/h3-13,20H,14-17H2,1-2H3,(H,30,34)/t20-/m1/s1. The van der Waals surface area contributed by atoms with Crippen molar-refractivity contribution in [3.63, 3.8) is 0 Å². The van der Waals surface area contributed by atoms with E-state index in [9.17, 15) is 14.0 Å². The van der Waals surface area contributed by atoms with Gasteiger partial charge in [-0.3, -0.25) is 9.59 Å². The monoisotopic (exact) mass is 502 g/mol. The van der Waals surface area contributed by atoms with Gasteiger partial charge in [0.25, 0.3) is 11.8 Å². The zero-order valence-corrected chi connectivity index (χ0v) is 20.6. The highest BCUT2D eigenvalue weighted by Crippen LogP contribution is 2.36. The van der Waals surface area contributed by atoms with Crippen LogP contribution in [0.5, 0.6) is 11.5 Å². The van der Waals surface area contributed by atoms with Crippen molar-refractivity contribution in [1.82, 2.24) is 19.8 Å². The van der Waals surface area contributed by atoms with Crippen molar-refractivity contribution in [2.24, 2.45) is 7.05 Å².